The normalized spacial score (nSPS) is 18.2. The molecule has 0 aliphatic carbocycles. The van der Waals surface area contributed by atoms with Crippen LogP contribution in [0.5, 0.6) is 0 Å². The van der Waals surface area contributed by atoms with Crippen LogP contribution in [0, 0.1) is 13.8 Å². The molecule has 1 amide bonds. The van der Waals surface area contributed by atoms with Crippen molar-refractivity contribution in [1.82, 2.24) is 15.1 Å². The van der Waals surface area contributed by atoms with Crippen LogP contribution in [0.3, 0.4) is 0 Å². The molecule has 0 radical (unpaired) electrons. The number of rotatable bonds is 2. The maximum atomic E-state index is 11.7. The quantitative estimate of drug-likeness (QED) is 0.922. The van der Waals surface area contributed by atoms with E-state index in [0.29, 0.717) is 5.84 Å². The minimum atomic E-state index is -0.111. The monoisotopic (exact) mass is 312 g/mol. The second-order valence-electron chi connectivity index (χ2n) is 5.03. The Morgan fingerprint density at radius 2 is 2.00 bits per heavy atom. The summed E-state index contributed by atoms with van der Waals surface area (Å²) >= 11 is 1.16. The van der Waals surface area contributed by atoms with Gasteiger partial charge in [0.25, 0.3) is 5.24 Å². The third kappa shape index (κ3) is 2.82. The van der Waals surface area contributed by atoms with Gasteiger partial charge in [-0.1, -0.05) is 18.2 Å². The highest BCUT2D eigenvalue weighted by Gasteiger charge is 2.24. The maximum Gasteiger partial charge on any atom is 0.289 e. The summed E-state index contributed by atoms with van der Waals surface area (Å²) in [6, 6.07) is 9.58. The zero-order valence-electron chi connectivity index (χ0n) is 12.6. The Kier molecular flexibility index (Phi) is 3.85. The van der Waals surface area contributed by atoms with Crippen LogP contribution in [0.4, 0.5) is 10.5 Å². The zero-order chi connectivity index (χ0) is 15.7. The first kappa shape index (κ1) is 14.6. The number of benzene rings is 1. The fourth-order valence-electron chi connectivity index (χ4n) is 2.27. The smallest absolute Gasteiger partial charge is 0.289 e. The summed E-state index contributed by atoms with van der Waals surface area (Å²) in [5.41, 5.74) is 3.84. The molecule has 0 saturated carbocycles. The molecule has 1 aliphatic heterocycles. The van der Waals surface area contributed by atoms with Crippen LogP contribution >= 0.6 is 11.8 Å². The SMILES string of the molecule is Cc1nn(C)c(C)c1/C=C1\SC(=O)NC1=Nc1ccccc1. The molecule has 1 N–H and O–H groups in total. The van der Waals surface area contributed by atoms with E-state index in [1.807, 2.05) is 62.0 Å². The Balaban J connectivity index is 2.03. The van der Waals surface area contributed by atoms with Crippen molar-refractivity contribution in [3.05, 3.63) is 52.2 Å². The summed E-state index contributed by atoms with van der Waals surface area (Å²) in [4.78, 5) is 17.1. The number of thioether (sulfide) groups is 1. The standard InChI is InChI=1S/C16H16N4OS/c1-10-13(11(2)20(3)19-10)9-14-15(18-16(21)22-14)17-12-7-5-4-6-8-12/h4-9H,1-3H3,(H,17,18,21)/b14-9-. The lowest BCUT2D eigenvalue weighted by Gasteiger charge is -2.00. The molecule has 6 heteroatoms. The molecule has 1 aromatic heterocycles. The van der Waals surface area contributed by atoms with Crippen LogP contribution in [0.1, 0.15) is 17.0 Å². The number of aryl methyl sites for hydroxylation is 2. The van der Waals surface area contributed by atoms with E-state index in [0.717, 1.165) is 39.3 Å². The molecule has 2 heterocycles. The molecule has 0 unspecified atom stereocenters. The molecule has 1 aromatic carbocycles. The van der Waals surface area contributed by atoms with Crippen molar-refractivity contribution >= 4 is 34.6 Å². The molecular formula is C16H16N4OS. The van der Waals surface area contributed by atoms with Gasteiger partial charge in [-0.05, 0) is 43.8 Å². The maximum absolute atomic E-state index is 11.7. The molecule has 5 nitrogen and oxygen atoms in total. The molecule has 1 fully saturated rings. The van der Waals surface area contributed by atoms with Gasteiger partial charge in [-0.2, -0.15) is 5.10 Å². The Hall–Kier alpha value is -2.34. The fraction of sp³-hybridized carbons (Fsp3) is 0.188. The molecule has 1 aliphatic rings. The molecule has 0 spiro atoms. The van der Waals surface area contributed by atoms with E-state index >= 15 is 0 Å². The summed E-state index contributed by atoms with van der Waals surface area (Å²) in [6.07, 6.45) is 1.97. The van der Waals surface area contributed by atoms with Crippen molar-refractivity contribution in [3.63, 3.8) is 0 Å². The van der Waals surface area contributed by atoms with Crippen LogP contribution in [0.25, 0.3) is 6.08 Å². The predicted molar refractivity (Wildman–Crippen MR) is 90.3 cm³/mol. The van der Waals surface area contributed by atoms with Crippen molar-refractivity contribution in [2.45, 2.75) is 13.8 Å². The fourth-order valence-corrected chi connectivity index (χ4v) is 2.99. The van der Waals surface area contributed by atoms with Crippen molar-refractivity contribution in [2.24, 2.45) is 12.0 Å². The van der Waals surface area contributed by atoms with Crippen LogP contribution in [0.15, 0.2) is 40.2 Å². The first-order valence-corrected chi connectivity index (χ1v) is 7.71. The summed E-state index contributed by atoms with van der Waals surface area (Å²) in [5, 5.41) is 7.08. The average molecular weight is 312 g/mol. The number of carbonyl (C=O) groups is 1. The molecule has 0 bridgehead atoms. The molecule has 3 rings (SSSR count). The van der Waals surface area contributed by atoms with E-state index in [4.69, 9.17) is 0 Å². The molecular weight excluding hydrogens is 296 g/mol. The highest BCUT2D eigenvalue weighted by atomic mass is 32.2. The van der Waals surface area contributed by atoms with Gasteiger partial charge in [0.1, 0.15) is 5.84 Å². The van der Waals surface area contributed by atoms with Gasteiger partial charge in [0, 0.05) is 18.3 Å². The predicted octanol–water partition coefficient (Wildman–Crippen LogP) is 3.56. The van der Waals surface area contributed by atoms with Gasteiger partial charge in [-0.15, -0.1) is 0 Å². The second-order valence-corrected chi connectivity index (χ2v) is 6.04. The van der Waals surface area contributed by atoms with Crippen LogP contribution in [-0.4, -0.2) is 20.9 Å². The van der Waals surface area contributed by atoms with Crippen molar-refractivity contribution in [2.75, 3.05) is 0 Å². The minimum absolute atomic E-state index is 0.111. The zero-order valence-corrected chi connectivity index (χ0v) is 13.4. The number of nitrogens with zero attached hydrogens (tertiary/aromatic N) is 3. The highest BCUT2D eigenvalue weighted by Crippen LogP contribution is 2.29. The van der Waals surface area contributed by atoms with Gasteiger partial charge in [-0.3, -0.25) is 9.48 Å². The highest BCUT2D eigenvalue weighted by molar-refractivity contribution is 8.18. The second kappa shape index (κ2) is 5.81. The van der Waals surface area contributed by atoms with E-state index in [2.05, 4.69) is 15.4 Å². The third-order valence-electron chi connectivity index (χ3n) is 3.49. The molecule has 1 saturated heterocycles. The van der Waals surface area contributed by atoms with Gasteiger partial charge in [-0.25, -0.2) is 4.99 Å². The summed E-state index contributed by atoms with van der Waals surface area (Å²) in [5.74, 6) is 0.587. The Morgan fingerprint density at radius 1 is 1.27 bits per heavy atom. The summed E-state index contributed by atoms with van der Waals surface area (Å²) in [7, 11) is 1.91. The third-order valence-corrected chi connectivity index (χ3v) is 4.31. The lowest BCUT2D eigenvalue weighted by molar-refractivity contribution is 0.265. The lowest BCUT2D eigenvalue weighted by Crippen LogP contribution is -2.18. The number of hydrogen-bond donors (Lipinski definition) is 1. The largest absolute Gasteiger partial charge is 0.300 e. The van der Waals surface area contributed by atoms with Crippen molar-refractivity contribution in [3.8, 4) is 0 Å². The molecule has 0 atom stereocenters. The van der Waals surface area contributed by atoms with Gasteiger partial charge in [0.05, 0.1) is 16.3 Å². The Labute approximate surface area is 133 Å². The van der Waals surface area contributed by atoms with Crippen LogP contribution in [0.2, 0.25) is 0 Å². The van der Waals surface area contributed by atoms with E-state index in [1.165, 1.54) is 0 Å². The first-order chi connectivity index (χ1) is 10.5. The van der Waals surface area contributed by atoms with Crippen molar-refractivity contribution in [1.29, 1.82) is 0 Å². The number of nitrogens with one attached hydrogen (secondary N) is 1. The first-order valence-electron chi connectivity index (χ1n) is 6.89. The number of amidine groups is 1. The summed E-state index contributed by atoms with van der Waals surface area (Å²) in [6.45, 7) is 3.97. The van der Waals surface area contributed by atoms with Gasteiger partial charge < -0.3 is 5.32 Å². The average Bonchev–Trinajstić information content (AvgIpc) is 2.95. The van der Waals surface area contributed by atoms with E-state index < -0.39 is 0 Å². The van der Waals surface area contributed by atoms with Gasteiger partial charge in [0.2, 0.25) is 0 Å². The van der Waals surface area contributed by atoms with E-state index in [1.54, 1.807) is 0 Å². The number of hydrogen-bond acceptors (Lipinski definition) is 4. The van der Waals surface area contributed by atoms with Crippen LogP contribution < -0.4 is 5.32 Å². The van der Waals surface area contributed by atoms with Crippen molar-refractivity contribution < 1.29 is 4.79 Å². The summed E-state index contributed by atoms with van der Waals surface area (Å²) < 4.78 is 1.84. The van der Waals surface area contributed by atoms with E-state index in [-0.39, 0.29) is 5.24 Å². The molecule has 112 valence electrons. The van der Waals surface area contributed by atoms with Gasteiger partial charge in [0.15, 0.2) is 0 Å². The number of aromatic nitrogens is 2. The Morgan fingerprint density at radius 3 is 2.64 bits per heavy atom. The Bertz CT molecular complexity index is 790. The lowest BCUT2D eigenvalue weighted by atomic mass is 10.2. The number of aliphatic imine (C=N–C) groups is 1. The van der Waals surface area contributed by atoms with Crippen LogP contribution in [-0.2, 0) is 7.05 Å². The topological polar surface area (TPSA) is 59.3 Å². The minimum Gasteiger partial charge on any atom is -0.300 e. The molecule has 22 heavy (non-hydrogen) atoms. The van der Waals surface area contributed by atoms with Gasteiger partial charge >= 0.3 is 0 Å². The number of carbonyl (C=O) groups excluding carboxylic acids is 1. The molecule has 2 aromatic rings. The number of amides is 1. The van der Waals surface area contributed by atoms with E-state index in [9.17, 15) is 4.79 Å². The number of para-hydroxylation sites is 1.